The summed E-state index contributed by atoms with van der Waals surface area (Å²) in [7, 11) is 0. The van der Waals surface area contributed by atoms with Crippen molar-refractivity contribution in [3.63, 3.8) is 0 Å². The quantitative estimate of drug-likeness (QED) is 0.266. The van der Waals surface area contributed by atoms with E-state index in [2.05, 4.69) is 6.58 Å². The molecule has 0 aliphatic rings. The Balaban J connectivity index is 3.77. The Kier molecular flexibility index (Phi) is 9.92. The van der Waals surface area contributed by atoms with Crippen LogP contribution < -0.4 is 0 Å². The lowest BCUT2D eigenvalue weighted by Crippen LogP contribution is -2.24. The molecule has 0 saturated heterocycles. The van der Waals surface area contributed by atoms with Crippen LogP contribution in [0.3, 0.4) is 0 Å². The van der Waals surface area contributed by atoms with Crippen molar-refractivity contribution in [1.29, 1.82) is 0 Å². The van der Waals surface area contributed by atoms with Crippen LogP contribution in [0.4, 0.5) is 0 Å². The first-order chi connectivity index (χ1) is 9.90. The molecule has 0 fully saturated rings. The molecule has 0 N–H and O–H groups in total. The van der Waals surface area contributed by atoms with E-state index in [1.807, 2.05) is 6.92 Å². The number of esters is 3. The van der Waals surface area contributed by atoms with Crippen molar-refractivity contribution in [2.75, 3.05) is 13.2 Å². The van der Waals surface area contributed by atoms with Gasteiger partial charge in [-0.15, -0.1) is 0 Å². The SMILES string of the molecule is C=CC(=O)OCCCC(=O)OC(C)COC(=O)C(C)CC. The highest BCUT2D eigenvalue weighted by Gasteiger charge is 2.15. The predicted molar refractivity (Wildman–Crippen MR) is 76.4 cm³/mol. The predicted octanol–water partition coefficient (Wildman–Crippen LogP) is 2.02. The van der Waals surface area contributed by atoms with Crippen LogP contribution in [0.1, 0.15) is 40.0 Å². The van der Waals surface area contributed by atoms with E-state index in [-0.39, 0.29) is 31.5 Å². The number of carbonyl (C=O) groups excluding carboxylic acids is 3. The largest absolute Gasteiger partial charge is 0.463 e. The van der Waals surface area contributed by atoms with Crippen LogP contribution in [-0.2, 0) is 28.6 Å². The molecule has 0 rings (SSSR count). The van der Waals surface area contributed by atoms with Crippen molar-refractivity contribution in [3.8, 4) is 0 Å². The second-order valence-electron chi connectivity index (χ2n) is 4.71. The summed E-state index contributed by atoms with van der Waals surface area (Å²) >= 11 is 0. The van der Waals surface area contributed by atoms with Crippen molar-refractivity contribution in [3.05, 3.63) is 12.7 Å². The average molecular weight is 300 g/mol. The first-order valence-electron chi connectivity index (χ1n) is 7.06. The molecule has 0 amide bonds. The average Bonchev–Trinajstić information content (AvgIpc) is 2.47. The zero-order chi connectivity index (χ0) is 16.3. The van der Waals surface area contributed by atoms with Crippen LogP contribution in [0.5, 0.6) is 0 Å². The van der Waals surface area contributed by atoms with E-state index in [0.717, 1.165) is 6.08 Å². The smallest absolute Gasteiger partial charge is 0.330 e. The minimum absolute atomic E-state index is 0.0420. The van der Waals surface area contributed by atoms with E-state index >= 15 is 0 Å². The molecule has 0 radical (unpaired) electrons. The van der Waals surface area contributed by atoms with E-state index in [0.29, 0.717) is 12.8 Å². The van der Waals surface area contributed by atoms with E-state index < -0.39 is 18.0 Å². The normalized spacial score (nSPS) is 12.9. The van der Waals surface area contributed by atoms with Crippen molar-refractivity contribution >= 4 is 17.9 Å². The third kappa shape index (κ3) is 9.65. The molecule has 0 aromatic carbocycles. The molecule has 2 atom stereocenters. The fourth-order valence-electron chi connectivity index (χ4n) is 1.27. The van der Waals surface area contributed by atoms with Crippen LogP contribution in [0.25, 0.3) is 0 Å². The monoisotopic (exact) mass is 300 g/mol. The fraction of sp³-hybridized carbons (Fsp3) is 0.667. The maximum absolute atomic E-state index is 11.5. The number of ether oxygens (including phenoxy) is 3. The van der Waals surface area contributed by atoms with Crippen LogP contribution in [-0.4, -0.2) is 37.2 Å². The zero-order valence-corrected chi connectivity index (χ0v) is 12.9. The third-order valence-corrected chi connectivity index (χ3v) is 2.74. The topological polar surface area (TPSA) is 78.9 Å². The van der Waals surface area contributed by atoms with Crippen LogP contribution in [0.2, 0.25) is 0 Å². The molecule has 0 spiro atoms. The molecular weight excluding hydrogens is 276 g/mol. The lowest BCUT2D eigenvalue weighted by atomic mass is 10.1. The highest BCUT2D eigenvalue weighted by atomic mass is 16.6. The van der Waals surface area contributed by atoms with Crippen molar-refractivity contribution in [2.24, 2.45) is 5.92 Å². The molecule has 0 aromatic rings. The van der Waals surface area contributed by atoms with Gasteiger partial charge < -0.3 is 14.2 Å². The lowest BCUT2D eigenvalue weighted by molar-refractivity contribution is -0.160. The van der Waals surface area contributed by atoms with Gasteiger partial charge in [-0.2, -0.15) is 0 Å². The Hall–Kier alpha value is -1.85. The Morgan fingerprint density at radius 3 is 2.43 bits per heavy atom. The molecule has 0 aromatic heterocycles. The van der Waals surface area contributed by atoms with Crippen molar-refractivity contribution in [2.45, 2.75) is 46.1 Å². The highest BCUT2D eigenvalue weighted by Crippen LogP contribution is 2.05. The number of hydrogen-bond acceptors (Lipinski definition) is 6. The van der Waals surface area contributed by atoms with Gasteiger partial charge in [0.2, 0.25) is 0 Å². The van der Waals surface area contributed by atoms with Gasteiger partial charge in [0.1, 0.15) is 12.7 Å². The molecule has 0 bridgehead atoms. The third-order valence-electron chi connectivity index (χ3n) is 2.74. The Labute approximate surface area is 125 Å². The van der Waals surface area contributed by atoms with Gasteiger partial charge in [-0.1, -0.05) is 20.4 Å². The molecule has 21 heavy (non-hydrogen) atoms. The van der Waals surface area contributed by atoms with Gasteiger partial charge >= 0.3 is 17.9 Å². The van der Waals surface area contributed by atoms with Crippen molar-refractivity contribution in [1.82, 2.24) is 0 Å². The molecule has 6 nitrogen and oxygen atoms in total. The van der Waals surface area contributed by atoms with Crippen LogP contribution in [0, 0.1) is 5.92 Å². The van der Waals surface area contributed by atoms with Gasteiger partial charge in [0.15, 0.2) is 0 Å². The van der Waals surface area contributed by atoms with E-state index in [1.165, 1.54) is 0 Å². The van der Waals surface area contributed by atoms with Gasteiger partial charge in [0, 0.05) is 12.5 Å². The zero-order valence-electron chi connectivity index (χ0n) is 12.9. The molecule has 0 heterocycles. The van der Waals surface area contributed by atoms with Crippen LogP contribution in [0.15, 0.2) is 12.7 Å². The summed E-state index contributed by atoms with van der Waals surface area (Å²) in [4.78, 5) is 33.7. The standard InChI is InChI=1S/C15H24O6/c1-5-11(3)15(18)20-10-12(4)21-14(17)8-7-9-19-13(16)6-2/h6,11-12H,2,5,7-10H2,1,3-4H3. The number of carbonyl (C=O) groups is 3. The highest BCUT2D eigenvalue weighted by molar-refractivity contribution is 5.81. The van der Waals surface area contributed by atoms with Crippen LogP contribution >= 0.6 is 0 Å². The molecule has 0 aliphatic heterocycles. The van der Waals surface area contributed by atoms with Crippen molar-refractivity contribution < 1.29 is 28.6 Å². The Morgan fingerprint density at radius 2 is 1.86 bits per heavy atom. The summed E-state index contributed by atoms with van der Waals surface area (Å²) in [5.41, 5.74) is 0. The molecule has 6 heteroatoms. The summed E-state index contributed by atoms with van der Waals surface area (Å²) in [5.74, 6) is -1.39. The lowest BCUT2D eigenvalue weighted by Gasteiger charge is -2.15. The summed E-state index contributed by atoms with van der Waals surface area (Å²) in [6.07, 6.45) is 1.77. The molecular formula is C15H24O6. The minimum Gasteiger partial charge on any atom is -0.463 e. The van der Waals surface area contributed by atoms with Gasteiger partial charge in [-0.05, 0) is 19.8 Å². The van der Waals surface area contributed by atoms with E-state index in [1.54, 1.807) is 13.8 Å². The first-order valence-corrected chi connectivity index (χ1v) is 7.06. The summed E-state index contributed by atoms with van der Waals surface area (Å²) in [5, 5.41) is 0. The molecule has 0 aliphatic carbocycles. The van der Waals surface area contributed by atoms with Gasteiger partial charge in [-0.3, -0.25) is 9.59 Å². The molecule has 120 valence electrons. The number of rotatable bonds is 10. The van der Waals surface area contributed by atoms with E-state index in [9.17, 15) is 14.4 Å². The maximum atomic E-state index is 11.5. The second-order valence-corrected chi connectivity index (χ2v) is 4.71. The summed E-state index contributed by atoms with van der Waals surface area (Å²) in [6.45, 7) is 8.77. The van der Waals surface area contributed by atoms with Gasteiger partial charge in [0.25, 0.3) is 0 Å². The molecule has 0 saturated carbocycles. The van der Waals surface area contributed by atoms with E-state index in [4.69, 9.17) is 14.2 Å². The van der Waals surface area contributed by atoms with Gasteiger partial charge in [-0.25, -0.2) is 4.79 Å². The Morgan fingerprint density at radius 1 is 1.19 bits per heavy atom. The number of hydrogen-bond donors (Lipinski definition) is 0. The summed E-state index contributed by atoms with van der Waals surface area (Å²) in [6, 6.07) is 0. The summed E-state index contributed by atoms with van der Waals surface area (Å²) < 4.78 is 14.8. The van der Waals surface area contributed by atoms with Gasteiger partial charge in [0.05, 0.1) is 12.5 Å². The first kappa shape index (κ1) is 19.1. The fourth-order valence-corrected chi connectivity index (χ4v) is 1.27. The second kappa shape index (κ2) is 10.9. The molecule has 2 unspecified atom stereocenters. The maximum Gasteiger partial charge on any atom is 0.330 e. The Bertz CT molecular complexity index is 363. The minimum atomic E-state index is -0.520.